The van der Waals surface area contributed by atoms with Gasteiger partial charge in [-0.1, -0.05) is 18.2 Å². The Morgan fingerprint density at radius 1 is 0.974 bits per heavy atom. The number of esters is 1. The lowest BCUT2D eigenvalue weighted by molar-refractivity contribution is -0.140. The number of nitrogens with zero attached hydrogens (tertiary/aromatic N) is 6. The maximum Gasteiger partial charge on any atom is 0.307 e. The second-order valence-corrected chi connectivity index (χ2v) is 8.77. The number of anilines is 2. The lowest BCUT2D eigenvalue weighted by atomic mass is 10.1. The summed E-state index contributed by atoms with van der Waals surface area (Å²) in [5, 5.41) is 8.22. The first-order valence-corrected chi connectivity index (χ1v) is 12.4. The second kappa shape index (κ2) is 11.2. The minimum absolute atomic E-state index is 0.119. The molecule has 1 fully saturated rings. The number of hydrogen-bond acceptors (Lipinski definition) is 9. The van der Waals surface area contributed by atoms with E-state index in [0.29, 0.717) is 24.4 Å². The van der Waals surface area contributed by atoms with Gasteiger partial charge >= 0.3 is 5.97 Å². The molecule has 3 heterocycles. The van der Waals surface area contributed by atoms with Crippen LogP contribution < -0.4 is 19.9 Å². The molecule has 11 heteroatoms. The summed E-state index contributed by atoms with van der Waals surface area (Å²) in [6, 6.07) is 15.2. The van der Waals surface area contributed by atoms with Crippen LogP contribution in [0.25, 0.3) is 16.7 Å². The number of aromatic nitrogens is 4. The summed E-state index contributed by atoms with van der Waals surface area (Å²) >= 11 is 0. The molecule has 1 aliphatic rings. The van der Waals surface area contributed by atoms with E-state index in [4.69, 9.17) is 4.74 Å². The van der Waals surface area contributed by atoms with Gasteiger partial charge in [0, 0.05) is 38.3 Å². The Morgan fingerprint density at radius 3 is 2.47 bits per heavy atom. The standard InChI is InChI=1S/C27H29N7O4/c1-37-23-9-8-19(27(36)28-11-10-24(35)38-2)16-22(23)32-12-14-33(15-13-32)25-21-17-31-34(26(21)30-18-29-25)20-6-4-3-5-7-20/h3-9,16-18H,10-15H2,1-2H3,(H,28,36). The van der Waals surface area contributed by atoms with Crippen molar-refractivity contribution in [2.24, 2.45) is 0 Å². The molecule has 38 heavy (non-hydrogen) atoms. The van der Waals surface area contributed by atoms with Crippen LogP contribution in [0.2, 0.25) is 0 Å². The van der Waals surface area contributed by atoms with Gasteiger partial charge in [-0.2, -0.15) is 5.10 Å². The molecule has 1 saturated heterocycles. The van der Waals surface area contributed by atoms with Crippen molar-refractivity contribution in [2.45, 2.75) is 6.42 Å². The Hall–Kier alpha value is -4.67. The number of carbonyl (C=O) groups is 2. The van der Waals surface area contributed by atoms with Crippen LogP contribution in [0.15, 0.2) is 61.1 Å². The molecule has 1 aliphatic heterocycles. The Bertz CT molecular complexity index is 1430. The van der Waals surface area contributed by atoms with E-state index in [0.717, 1.165) is 41.3 Å². The molecule has 2 aromatic heterocycles. The molecule has 11 nitrogen and oxygen atoms in total. The molecule has 0 aliphatic carbocycles. The summed E-state index contributed by atoms with van der Waals surface area (Å²) in [6.07, 6.45) is 3.51. The third-order valence-electron chi connectivity index (χ3n) is 6.55. The van der Waals surface area contributed by atoms with Gasteiger partial charge in [-0.15, -0.1) is 0 Å². The second-order valence-electron chi connectivity index (χ2n) is 8.77. The Balaban J connectivity index is 1.30. The van der Waals surface area contributed by atoms with Crippen molar-refractivity contribution in [1.29, 1.82) is 0 Å². The number of hydrogen-bond donors (Lipinski definition) is 1. The lowest BCUT2D eigenvalue weighted by Crippen LogP contribution is -2.47. The highest BCUT2D eigenvalue weighted by Crippen LogP contribution is 2.32. The van der Waals surface area contributed by atoms with Crippen LogP contribution in [-0.4, -0.2) is 78.6 Å². The van der Waals surface area contributed by atoms with Crippen LogP contribution >= 0.6 is 0 Å². The van der Waals surface area contributed by atoms with Crippen molar-refractivity contribution < 1.29 is 19.1 Å². The van der Waals surface area contributed by atoms with Gasteiger partial charge in [0.25, 0.3) is 5.91 Å². The Morgan fingerprint density at radius 2 is 1.74 bits per heavy atom. The molecule has 4 aromatic rings. The predicted molar refractivity (Wildman–Crippen MR) is 143 cm³/mol. The predicted octanol–water partition coefficient (Wildman–Crippen LogP) is 2.44. The van der Waals surface area contributed by atoms with Crippen LogP contribution in [0.1, 0.15) is 16.8 Å². The normalized spacial score (nSPS) is 13.4. The summed E-state index contributed by atoms with van der Waals surface area (Å²) in [7, 11) is 2.94. The number of nitrogens with one attached hydrogen (secondary N) is 1. The molecular formula is C27H29N7O4. The number of ether oxygens (including phenoxy) is 2. The van der Waals surface area contributed by atoms with Gasteiger partial charge in [-0.05, 0) is 30.3 Å². The van der Waals surface area contributed by atoms with Gasteiger partial charge in [-0.3, -0.25) is 9.59 Å². The lowest BCUT2D eigenvalue weighted by Gasteiger charge is -2.37. The summed E-state index contributed by atoms with van der Waals surface area (Å²) in [4.78, 5) is 37.5. The first kappa shape index (κ1) is 25.0. The molecule has 5 rings (SSSR count). The molecule has 1 amide bonds. The SMILES string of the molecule is COC(=O)CCNC(=O)c1ccc(OC)c(N2CCN(c3ncnc4c3cnn4-c3ccccc3)CC2)c1. The Labute approximate surface area is 220 Å². The zero-order valence-electron chi connectivity index (χ0n) is 21.3. The summed E-state index contributed by atoms with van der Waals surface area (Å²) in [6.45, 7) is 3.08. The molecule has 0 radical (unpaired) electrons. The van der Waals surface area contributed by atoms with Crippen LogP contribution in [-0.2, 0) is 9.53 Å². The number of amides is 1. The van der Waals surface area contributed by atoms with Gasteiger partial charge in [0.1, 0.15) is 17.9 Å². The van der Waals surface area contributed by atoms with Crippen LogP contribution in [0.5, 0.6) is 5.75 Å². The molecular weight excluding hydrogens is 486 g/mol. The third kappa shape index (κ3) is 5.08. The molecule has 0 saturated carbocycles. The number of carbonyl (C=O) groups excluding carboxylic acids is 2. The van der Waals surface area contributed by atoms with Crippen molar-refractivity contribution in [3.05, 3.63) is 66.6 Å². The van der Waals surface area contributed by atoms with Gasteiger partial charge in [0.15, 0.2) is 5.65 Å². The number of fused-ring (bicyclic) bond motifs is 1. The van der Waals surface area contributed by atoms with Crippen LogP contribution in [0, 0.1) is 0 Å². The fourth-order valence-electron chi connectivity index (χ4n) is 4.56. The first-order valence-electron chi connectivity index (χ1n) is 12.4. The smallest absolute Gasteiger partial charge is 0.307 e. The van der Waals surface area contributed by atoms with E-state index in [9.17, 15) is 9.59 Å². The highest BCUT2D eigenvalue weighted by Gasteiger charge is 2.24. The third-order valence-corrected chi connectivity index (χ3v) is 6.55. The highest BCUT2D eigenvalue weighted by molar-refractivity contribution is 5.96. The molecule has 0 spiro atoms. The topological polar surface area (TPSA) is 115 Å². The largest absolute Gasteiger partial charge is 0.495 e. The van der Waals surface area contributed by atoms with E-state index >= 15 is 0 Å². The average molecular weight is 516 g/mol. The molecule has 196 valence electrons. The zero-order chi connectivity index (χ0) is 26.5. The van der Waals surface area contributed by atoms with E-state index < -0.39 is 0 Å². The molecule has 1 N–H and O–H groups in total. The van der Waals surface area contributed by atoms with Crippen molar-refractivity contribution in [3.63, 3.8) is 0 Å². The summed E-state index contributed by atoms with van der Waals surface area (Å²) < 4.78 is 12.0. The quantitative estimate of drug-likeness (QED) is 0.353. The minimum atomic E-state index is -0.369. The molecule has 0 atom stereocenters. The average Bonchev–Trinajstić information content (AvgIpc) is 3.41. The van der Waals surface area contributed by atoms with Gasteiger partial charge < -0.3 is 24.6 Å². The van der Waals surface area contributed by atoms with Gasteiger partial charge in [0.2, 0.25) is 0 Å². The van der Waals surface area contributed by atoms with Crippen molar-refractivity contribution >= 4 is 34.4 Å². The number of rotatable bonds is 8. The van der Waals surface area contributed by atoms with E-state index in [1.807, 2.05) is 47.3 Å². The number of para-hydroxylation sites is 1. The summed E-state index contributed by atoms with van der Waals surface area (Å²) in [5.74, 6) is 0.919. The van der Waals surface area contributed by atoms with Crippen LogP contribution in [0.3, 0.4) is 0 Å². The molecule has 0 bridgehead atoms. The maximum absolute atomic E-state index is 12.7. The van der Waals surface area contributed by atoms with E-state index in [1.165, 1.54) is 7.11 Å². The summed E-state index contributed by atoms with van der Waals surface area (Å²) in [5.41, 5.74) is 3.05. The number of benzene rings is 2. The van der Waals surface area contributed by atoms with Crippen molar-refractivity contribution in [3.8, 4) is 11.4 Å². The van der Waals surface area contributed by atoms with Crippen LogP contribution in [0.4, 0.5) is 11.5 Å². The fourth-order valence-corrected chi connectivity index (χ4v) is 4.56. The van der Waals surface area contributed by atoms with Gasteiger partial charge in [0.05, 0.1) is 43.6 Å². The monoisotopic (exact) mass is 515 g/mol. The van der Waals surface area contributed by atoms with Crippen molar-refractivity contribution in [2.75, 3.05) is 56.7 Å². The first-order chi connectivity index (χ1) is 18.6. The minimum Gasteiger partial charge on any atom is -0.495 e. The zero-order valence-corrected chi connectivity index (χ0v) is 21.3. The number of piperazine rings is 1. The van der Waals surface area contributed by atoms with E-state index in [1.54, 1.807) is 25.6 Å². The maximum atomic E-state index is 12.7. The van der Waals surface area contributed by atoms with Gasteiger partial charge in [-0.25, -0.2) is 14.6 Å². The fraction of sp³-hybridized carbons (Fsp3) is 0.296. The van der Waals surface area contributed by atoms with Crippen molar-refractivity contribution in [1.82, 2.24) is 25.1 Å². The molecule has 0 unspecified atom stereocenters. The Kier molecular flexibility index (Phi) is 7.34. The van der Waals surface area contributed by atoms with E-state index in [-0.39, 0.29) is 24.8 Å². The highest BCUT2D eigenvalue weighted by atomic mass is 16.5. The van der Waals surface area contributed by atoms with E-state index in [2.05, 4.69) is 34.9 Å². The number of methoxy groups -OCH3 is 2. The molecule has 2 aromatic carbocycles.